The normalized spacial score (nSPS) is 15.1. The first-order valence-electron chi connectivity index (χ1n) is 14.6. The van der Waals surface area contributed by atoms with E-state index in [1.807, 2.05) is 0 Å². The summed E-state index contributed by atoms with van der Waals surface area (Å²) in [5, 5.41) is 12.5. The molecule has 0 saturated carbocycles. The number of rotatable bonds is 14. The predicted octanol–water partition coefficient (Wildman–Crippen LogP) is 6.95. The Balaban J connectivity index is 1.88. The lowest BCUT2D eigenvalue weighted by molar-refractivity contribution is -0.137. The molecule has 240 valence electrons. The number of benzene rings is 1. The molecule has 1 heterocycles. The van der Waals surface area contributed by atoms with Crippen LogP contribution >= 0.6 is 0 Å². The molecule has 1 N–H and O–H groups in total. The summed E-state index contributed by atoms with van der Waals surface area (Å²) in [6.07, 6.45) is 4.47. The maximum atomic E-state index is 13.6. The lowest BCUT2D eigenvalue weighted by Crippen LogP contribution is -2.20. The lowest BCUT2D eigenvalue weighted by atomic mass is 9.98. The summed E-state index contributed by atoms with van der Waals surface area (Å²) in [5.41, 5.74) is 0.435. The van der Waals surface area contributed by atoms with Crippen LogP contribution in [-0.2, 0) is 16.1 Å². The van der Waals surface area contributed by atoms with Crippen molar-refractivity contribution >= 4 is 18.4 Å². The minimum Gasteiger partial charge on any atom is -0.481 e. The van der Waals surface area contributed by atoms with Gasteiger partial charge in [-0.3, -0.25) is 19.1 Å². The number of aryl methyl sites for hydroxylation is 1. The van der Waals surface area contributed by atoms with Gasteiger partial charge in [0.1, 0.15) is 11.6 Å². The van der Waals surface area contributed by atoms with Crippen molar-refractivity contribution in [2.45, 2.75) is 57.5 Å². The fraction of sp³-hybridized carbons (Fsp3) is 0.364. The van der Waals surface area contributed by atoms with Gasteiger partial charge in [0.25, 0.3) is 5.56 Å². The van der Waals surface area contributed by atoms with Crippen molar-refractivity contribution in [1.82, 2.24) is 9.55 Å². The molecule has 0 spiro atoms. The zero-order valence-corrected chi connectivity index (χ0v) is 24.8. The van der Waals surface area contributed by atoms with E-state index in [2.05, 4.69) is 21.8 Å². The largest absolute Gasteiger partial charge is 0.481 e. The van der Waals surface area contributed by atoms with Crippen molar-refractivity contribution in [3.63, 3.8) is 0 Å². The van der Waals surface area contributed by atoms with E-state index in [-0.39, 0.29) is 25.4 Å². The Morgan fingerprint density at radius 1 is 1.11 bits per heavy atom. The maximum Gasteiger partial charge on any atom is 0.416 e. The number of hydrogen-bond donors (Lipinski definition) is 1. The number of aromatic nitrogens is 2. The van der Waals surface area contributed by atoms with Crippen LogP contribution in [0.4, 0.5) is 17.6 Å². The van der Waals surface area contributed by atoms with Crippen LogP contribution in [0.3, 0.4) is 0 Å². The number of carbonyl (C=O) groups is 1. The van der Waals surface area contributed by atoms with E-state index in [1.165, 1.54) is 47.2 Å². The third-order valence-corrected chi connectivity index (χ3v) is 7.04. The van der Waals surface area contributed by atoms with Gasteiger partial charge in [-0.2, -0.15) is 13.2 Å². The minimum atomic E-state index is -4.36. The number of aliphatic carboxylic acids is 1. The molecule has 0 radical (unpaired) electrons. The van der Waals surface area contributed by atoms with E-state index in [4.69, 9.17) is 9.94 Å². The Labute approximate surface area is 258 Å². The molecule has 1 aliphatic rings. The summed E-state index contributed by atoms with van der Waals surface area (Å²) in [4.78, 5) is 38.7. The van der Waals surface area contributed by atoms with E-state index >= 15 is 0 Å². The topological polar surface area (TPSA) is 106 Å². The van der Waals surface area contributed by atoms with Gasteiger partial charge >= 0.3 is 12.1 Å². The molecule has 0 amide bonds. The van der Waals surface area contributed by atoms with Crippen molar-refractivity contribution in [3.05, 3.63) is 106 Å². The van der Waals surface area contributed by atoms with Crippen molar-refractivity contribution < 1.29 is 32.3 Å². The predicted molar refractivity (Wildman–Crippen MR) is 165 cm³/mol. The van der Waals surface area contributed by atoms with Crippen LogP contribution in [0.25, 0.3) is 5.69 Å². The molecule has 1 unspecified atom stereocenters. The monoisotopic (exact) mass is 628 g/mol. The van der Waals surface area contributed by atoms with Gasteiger partial charge < -0.3 is 9.94 Å². The zero-order valence-electron chi connectivity index (χ0n) is 24.8. The number of allylic oxidation sites excluding steroid dienone is 4. The Kier molecular flexibility index (Phi) is 13.7. The number of hydrogen-bond acceptors (Lipinski definition) is 6. The average Bonchev–Trinajstić information content (AvgIpc) is 3.25. The SMILES string of the molecule is C=NOC/C(=N\CCCC1C=CC(C(F)(F)F)=CCC1)c1cccc(=O)n(-c2ccc(F)cc2)c(CCCCC(=O)O)ncc1. The van der Waals surface area contributed by atoms with Gasteiger partial charge in [-0.25, -0.2) is 9.37 Å². The number of oxime groups is 1. The molecule has 12 heteroatoms. The molecule has 2 aromatic rings. The van der Waals surface area contributed by atoms with Crippen LogP contribution in [0.5, 0.6) is 0 Å². The highest BCUT2D eigenvalue weighted by Gasteiger charge is 2.32. The number of halogens is 4. The van der Waals surface area contributed by atoms with Crippen LogP contribution in [-0.4, -0.2) is 52.4 Å². The van der Waals surface area contributed by atoms with Crippen molar-refractivity contribution in [1.29, 1.82) is 0 Å². The fourth-order valence-corrected chi connectivity index (χ4v) is 4.75. The summed E-state index contributed by atoms with van der Waals surface area (Å²) in [5.74, 6) is -1.04. The summed E-state index contributed by atoms with van der Waals surface area (Å²) < 4.78 is 54.1. The first kappa shape index (κ1) is 34.9. The second-order valence-corrected chi connectivity index (χ2v) is 10.3. The van der Waals surface area contributed by atoms with Gasteiger partial charge in [-0.15, -0.1) is 5.16 Å². The molecule has 1 aliphatic carbocycles. The summed E-state index contributed by atoms with van der Waals surface area (Å²) >= 11 is 0. The van der Waals surface area contributed by atoms with E-state index in [0.717, 1.165) is 6.08 Å². The highest BCUT2D eigenvalue weighted by atomic mass is 19.4. The number of nitrogens with zero attached hydrogens (tertiary/aromatic N) is 4. The smallest absolute Gasteiger partial charge is 0.416 e. The number of aliphatic imine (C=N–C) groups is 1. The molecule has 0 aliphatic heterocycles. The zero-order chi connectivity index (χ0) is 32.7. The second-order valence-electron chi connectivity index (χ2n) is 10.3. The molecular formula is C33H36F4N4O4. The van der Waals surface area contributed by atoms with Crippen LogP contribution in [0.15, 0.2) is 93.5 Å². The second kappa shape index (κ2) is 17.6. The minimum absolute atomic E-state index is 0.000126. The van der Waals surface area contributed by atoms with E-state index < -0.39 is 29.1 Å². The standard InChI is InChI=1S/C33H36F4N4O4/c1-38-45-23-29(39-21-6-8-24-7-4-10-26(15-14-24)33(35,36)37)25-9-5-12-31(42)41(28-18-16-27(34)17-19-28)30(40-22-20-25)11-2-3-13-32(43)44/h5,9-10,12,14-20,22,24H,1-4,6-8,11,13,21,23H2,(H,43,44)/b12-5?,22-20?,25-9?,39-29+,40-30?. The van der Waals surface area contributed by atoms with Gasteiger partial charge in [0, 0.05) is 43.9 Å². The van der Waals surface area contributed by atoms with Crippen molar-refractivity contribution in [2.75, 3.05) is 13.2 Å². The van der Waals surface area contributed by atoms with Crippen LogP contribution < -0.4 is 5.56 Å². The average molecular weight is 629 g/mol. The highest BCUT2D eigenvalue weighted by Crippen LogP contribution is 2.31. The molecule has 0 saturated heterocycles. The van der Waals surface area contributed by atoms with Crippen LogP contribution in [0.1, 0.15) is 56.3 Å². The number of unbranched alkanes of at least 4 members (excludes halogenated alkanes) is 1. The Morgan fingerprint density at radius 2 is 1.89 bits per heavy atom. The molecular weight excluding hydrogens is 592 g/mol. The molecule has 1 aromatic carbocycles. The number of carboxylic acid groups (broad SMARTS) is 1. The summed E-state index contributed by atoms with van der Waals surface area (Å²) in [6.45, 7) is 3.70. The van der Waals surface area contributed by atoms with E-state index in [1.54, 1.807) is 24.3 Å². The van der Waals surface area contributed by atoms with Gasteiger partial charge in [-0.1, -0.05) is 30.4 Å². The molecule has 3 rings (SSSR count). The summed E-state index contributed by atoms with van der Waals surface area (Å²) in [6, 6.07) is 11.6. The van der Waals surface area contributed by atoms with Crippen LogP contribution in [0, 0.1) is 11.7 Å². The number of carboxylic acids is 1. The first-order chi connectivity index (χ1) is 21.6. The van der Waals surface area contributed by atoms with Crippen molar-refractivity contribution in [3.8, 4) is 5.69 Å². The van der Waals surface area contributed by atoms with Gasteiger partial charge in [-0.05, 0) is 74.8 Å². The third kappa shape index (κ3) is 11.8. The third-order valence-electron chi connectivity index (χ3n) is 7.04. The molecule has 45 heavy (non-hydrogen) atoms. The van der Waals surface area contributed by atoms with Gasteiger partial charge in [0.2, 0.25) is 0 Å². The highest BCUT2D eigenvalue weighted by molar-refractivity contribution is 6.01. The molecule has 8 nitrogen and oxygen atoms in total. The van der Waals surface area contributed by atoms with Crippen molar-refractivity contribution in [2.24, 2.45) is 16.1 Å². The van der Waals surface area contributed by atoms with E-state index in [0.29, 0.717) is 67.9 Å². The first-order valence-corrected chi connectivity index (χ1v) is 14.6. The lowest BCUT2D eigenvalue weighted by Gasteiger charge is -2.11. The van der Waals surface area contributed by atoms with Gasteiger partial charge in [0.05, 0.1) is 17.0 Å². The molecule has 1 atom stereocenters. The fourth-order valence-electron chi connectivity index (χ4n) is 4.75. The Hall–Kier alpha value is -4.61. The Morgan fingerprint density at radius 3 is 2.60 bits per heavy atom. The Bertz CT molecular complexity index is 1510. The van der Waals surface area contributed by atoms with Crippen LogP contribution in [0.2, 0.25) is 0 Å². The molecule has 0 fully saturated rings. The number of alkyl halides is 3. The van der Waals surface area contributed by atoms with Gasteiger partial charge in [0.15, 0.2) is 6.61 Å². The molecule has 1 aromatic heterocycles. The van der Waals surface area contributed by atoms with E-state index in [9.17, 15) is 27.2 Å². The molecule has 0 bridgehead atoms. The maximum absolute atomic E-state index is 13.6. The quantitative estimate of drug-likeness (QED) is 0.106. The summed E-state index contributed by atoms with van der Waals surface area (Å²) in [7, 11) is 0.